The van der Waals surface area contributed by atoms with Gasteiger partial charge in [-0.05, 0) is 0 Å². The van der Waals surface area contributed by atoms with Crippen LogP contribution in [-0.4, -0.2) is 8.07 Å². The molecule has 0 bridgehead atoms. The maximum absolute atomic E-state index is 2.76. The van der Waals surface area contributed by atoms with Crippen LogP contribution in [0.3, 0.4) is 0 Å². The van der Waals surface area contributed by atoms with E-state index in [4.69, 9.17) is 0 Å². The molecule has 0 fully saturated rings. The van der Waals surface area contributed by atoms with Crippen LogP contribution in [0.2, 0.25) is 24.7 Å². The monoisotopic (exact) mass is 396 g/mol. The van der Waals surface area contributed by atoms with Crippen molar-refractivity contribution in [1.29, 1.82) is 0 Å². The normalized spacial score (nSPS) is 13.8. The van der Waals surface area contributed by atoms with Gasteiger partial charge in [0.25, 0.3) is 0 Å². The largest absolute Gasteiger partial charge is 0.0691 e. The van der Waals surface area contributed by atoms with Gasteiger partial charge in [-0.3, -0.25) is 0 Å². The van der Waals surface area contributed by atoms with E-state index in [9.17, 15) is 0 Å². The zero-order valence-electron chi connectivity index (χ0n) is 20.1. The predicted molar refractivity (Wildman–Crippen MR) is 131 cm³/mol. The molecule has 1 unspecified atom stereocenters. The lowest BCUT2D eigenvalue weighted by Crippen LogP contribution is -2.29. The third-order valence-electron chi connectivity index (χ3n) is 6.65. The van der Waals surface area contributed by atoms with E-state index in [-0.39, 0.29) is 0 Å². The second kappa shape index (κ2) is 20.9. The fourth-order valence-corrected chi connectivity index (χ4v) is 8.61. The minimum absolute atomic E-state index is 0.959. The van der Waals surface area contributed by atoms with Gasteiger partial charge in [0.15, 0.2) is 0 Å². The van der Waals surface area contributed by atoms with Gasteiger partial charge in [0.05, 0.1) is 8.07 Å². The Morgan fingerprint density at radius 2 is 0.556 bits per heavy atom. The molecule has 0 nitrogen and oxygen atoms in total. The zero-order chi connectivity index (χ0) is 20.1. The van der Waals surface area contributed by atoms with E-state index in [1.807, 2.05) is 0 Å². The molecular weight excluding hydrogens is 340 g/mol. The first kappa shape index (κ1) is 27.2. The van der Waals surface area contributed by atoms with Crippen molar-refractivity contribution >= 4 is 8.07 Å². The standard InChI is InChI=1S/C26H56Si/c1-5-8-11-14-16-17-20-23-26-27(4,24-21-18-13-10-7-3)25-22-19-15-12-9-6-2/h5-26H2,1-4H3. The Kier molecular flexibility index (Phi) is 21.1. The molecule has 27 heavy (non-hydrogen) atoms. The van der Waals surface area contributed by atoms with Crippen molar-refractivity contribution in [2.75, 3.05) is 0 Å². The fraction of sp³-hybridized carbons (Fsp3) is 1.00. The summed E-state index contributed by atoms with van der Waals surface area (Å²) < 4.78 is 0. The summed E-state index contributed by atoms with van der Waals surface area (Å²) in [4.78, 5) is 0. The van der Waals surface area contributed by atoms with Crippen molar-refractivity contribution in [3.63, 3.8) is 0 Å². The molecule has 0 saturated heterocycles. The molecule has 0 aromatic heterocycles. The van der Waals surface area contributed by atoms with Crippen molar-refractivity contribution in [3.05, 3.63) is 0 Å². The van der Waals surface area contributed by atoms with Crippen LogP contribution in [0.1, 0.15) is 143 Å². The first-order chi connectivity index (χ1) is 13.2. The highest BCUT2D eigenvalue weighted by atomic mass is 28.3. The van der Waals surface area contributed by atoms with Crippen LogP contribution in [-0.2, 0) is 0 Å². The lowest BCUT2D eigenvalue weighted by molar-refractivity contribution is 0.582. The first-order valence-electron chi connectivity index (χ1n) is 13.2. The van der Waals surface area contributed by atoms with E-state index in [0.717, 1.165) is 0 Å². The van der Waals surface area contributed by atoms with Gasteiger partial charge in [-0.25, -0.2) is 0 Å². The van der Waals surface area contributed by atoms with Gasteiger partial charge >= 0.3 is 0 Å². The predicted octanol–water partition coefficient (Wildman–Crippen LogP) is 10.5. The third kappa shape index (κ3) is 19.3. The summed E-state index contributed by atoms with van der Waals surface area (Å²) in [6.45, 7) is 9.74. The Bertz CT molecular complexity index is 275. The number of rotatable bonds is 22. The summed E-state index contributed by atoms with van der Waals surface area (Å²) in [5, 5.41) is 0. The molecule has 0 spiro atoms. The van der Waals surface area contributed by atoms with E-state index in [0.29, 0.717) is 0 Å². The van der Waals surface area contributed by atoms with Gasteiger partial charge in [-0.15, -0.1) is 0 Å². The van der Waals surface area contributed by atoms with Crippen LogP contribution >= 0.6 is 0 Å². The number of hydrogen-bond donors (Lipinski definition) is 0. The Morgan fingerprint density at radius 3 is 0.815 bits per heavy atom. The summed E-state index contributed by atoms with van der Waals surface area (Å²) in [6, 6.07) is 4.89. The molecule has 0 amide bonds. The third-order valence-corrected chi connectivity index (χ3v) is 11.3. The summed E-state index contributed by atoms with van der Waals surface area (Å²) in [6.07, 6.45) is 28.0. The molecule has 1 atom stereocenters. The molecule has 0 aliphatic carbocycles. The van der Waals surface area contributed by atoms with E-state index in [1.54, 1.807) is 31.0 Å². The SMILES string of the molecule is CCCCCCCCCC[Si](C)(CCCCCCC)CCCCCCCC. The van der Waals surface area contributed by atoms with E-state index in [2.05, 4.69) is 27.3 Å². The highest BCUT2D eigenvalue weighted by Crippen LogP contribution is 2.29. The lowest BCUT2D eigenvalue weighted by Gasteiger charge is -2.28. The highest BCUT2D eigenvalue weighted by Gasteiger charge is 2.25. The molecule has 0 N–H and O–H groups in total. The average Bonchev–Trinajstić information content (AvgIpc) is 2.67. The van der Waals surface area contributed by atoms with Crippen molar-refractivity contribution in [2.24, 2.45) is 0 Å². The molecule has 0 saturated carbocycles. The smallest absolute Gasteiger partial charge is 0.0504 e. The van der Waals surface area contributed by atoms with Crippen molar-refractivity contribution < 1.29 is 0 Å². The molecule has 0 aromatic carbocycles. The van der Waals surface area contributed by atoms with Crippen molar-refractivity contribution in [3.8, 4) is 0 Å². The van der Waals surface area contributed by atoms with Gasteiger partial charge in [0.1, 0.15) is 0 Å². The van der Waals surface area contributed by atoms with Crippen LogP contribution in [0, 0.1) is 0 Å². The quantitative estimate of drug-likeness (QED) is 0.126. The molecule has 1 heteroatoms. The molecule has 0 aliphatic rings. The second-order valence-electron chi connectivity index (χ2n) is 9.72. The van der Waals surface area contributed by atoms with Gasteiger partial charge < -0.3 is 0 Å². The highest BCUT2D eigenvalue weighted by molar-refractivity contribution is 6.78. The molecule has 0 radical (unpaired) electrons. The fourth-order valence-electron chi connectivity index (χ4n) is 4.55. The summed E-state index contributed by atoms with van der Waals surface area (Å²) in [7, 11) is -0.959. The Labute approximate surface area is 175 Å². The molecule has 0 aliphatic heterocycles. The van der Waals surface area contributed by atoms with Gasteiger partial charge in [0, 0.05) is 0 Å². The Hall–Kier alpha value is 0.217. The molecular formula is C26H56Si. The molecule has 0 heterocycles. The maximum atomic E-state index is 2.76. The van der Waals surface area contributed by atoms with Crippen LogP contribution in [0.25, 0.3) is 0 Å². The van der Waals surface area contributed by atoms with Crippen LogP contribution in [0.15, 0.2) is 0 Å². The maximum Gasteiger partial charge on any atom is 0.0504 e. The van der Waals surface area contributed by atoms with Crippen LogP contribution in [0.4, 0.5) is 0 Å². The zero-order valence-corrected chi connectivity index (χ0v) is 21.1. The Balaban J connectivity index is 3.99. The second-order valence-corrected chi connectivity index (χ2v) is 14.8. The van der Waals surface area contributed by atoms with E-state index in [1.165, 1.54) is 109 Å². The number of unbranched alkanes of at least 4 members (excludes halogenated alkanes) is 16. The Morgan fingerprint density at radius 1 is 0.333 bits per heavy atom. The summed E-state index contributed by atoms with van der Waals surface area (Å²) in [5.41, 5.74) is 0. The molecule has 0 aromatic rings. The van der Waals surface area contributed by atoms with Crippen LogP contribution < -0.4 is 0 Å². The minimum atomic E-state index is -0.959. The average molecular weight is 397 g/mol. The van der Waals surface area contributed by atoms with Gasteiger partial charge in [-0.1, -0.05) is 167 Å². The topological polar surface area (TPSA) is 0 Å². The van der Waals surface area contributed by atoms with E-state index < -0.39 is 8.07 Å². The van der Waals surface area contributed by atoms with Gasteiger partial charge in [0.2, 0.25) is 0 Å². The lowest BCUT2D eigenvalue weighted by atomic mass is 10.1. The summed E-state index contributed by atoms with van der Waals surface area (Å²) in [5.74, 6) is 0. The number of hydrogen-bond acceptors (Lipinski definition) is 0. The van der Waals surface area contributed by atoms with E-state index >= 15 is 0 Å². The van der Waals surface area contributed by atoms with Crippen LogP contribution in [0.5, 0.6) is 0 Å². The summed E-state index contributed by atoms with van der Waals surface area (Å²) >= 11 is 0. The van der Waals surface area contributed by atoms with Gasteiger partial charge in [-0.2, -0.15) is 0 Å². The molecule has 0 rings (SSSR count). The molecule has 164 valence electrons. The first-order valence-corrected chi connectivity index (χ1v) is 16.3. The van der Waals surface area contributed by atoms with Crippen molar-refractivity contribution in [1.82, 2.24) is 0 Å². The minimum Gasteiger partial charge on any atom is -0.0691 e. The van der Waals surface area contributed by atoms with Crippen molar-refractivity contribution in [2.45, 2.75) is 167 Å².